The van der Waals surface area contributed by atoms with Crippen molar-refractivity contribution in [1.82, 2.24) is 0 Å². The number of phenols is 1. The topological polar surface area (TPSA) is 102 Å². The van der Waals surface area contributed by atoms with E-state index in [2.05, 4.69) is 33.7 Å². The molecule has 0 bridgehead atoms. The van der Waals surface area contributed by atoms with Gasteiger partial charge >= 0.3 is 5.20 Å². The largest absolute Gasteiger partial charge is 0.507 e. The number of ketones is 1. The van der Waals surface area contributed by atoms with Crippen LogP contribution in [-0.4, -0.2) is 17.2 Å². The number of aryl methyl sites for hydroxylation is 3. The number of carbonyl (C=O) groups excluding carboxylic acids is 2. The Kier molecular flexibility index (Phi) is 10.2. The molecule has 6 nitrogen and oxygen atoms in total. The van der Waals surface area contributed by atoms with Crippen molar-refractivity contribution >= 4 is 62.0 Å². The van der Waals surface area contributed by atoms with Crippen molar-refractivity contribution in [2.24, 2.45) is 0 Å². The first-order valence-corrected chi connectivity index (χ1v) is 13.6. The molecule has 0 aliphatic rings. The molecular formula is C22H22Cl3O6P. The summed E-state index contributed by atoms with van der Waals surface area (Å²) >= 11 is 13.8. The van der Waals surface area contributed by atoms with Gasteiger partial charge in [-0.25, -0.2) is 0 Å². The monoisotopic (exact) mass is 518 g/mol. The number of hydrogen-bond donors (Lipinski definition) is 1. The molecule has 0 fully saturated rings. The zero-order chi connectivity index (χ0) is 24.8. The lowest BCUT2D eigenvalue weighted by molar-refractivity contribution is 0.101. The summed E-state index contributed by atoms with van der Waals surface area (Å²) in [4.78, 5) is 33.3. The summed E-state index contributed by atoms with van der Waals surface area (Å²) in [6.45, 7) is 8.99. The normalized spacial score (nSPS) is 10.5. The molecule has 0 amide bonds. The molecule has 0 unspecified atom stereocenters. The van der Waals surface area contributed by atoms with Gasteiger partial charge in [0.05, 0.1) is 16.5 Å². The number of carbonyl (C=O) groups is 2. The number of benzene rings is 2. The summed E-state index contributed by atoms with van der Waals surface area (Å²) in [5.41, 5.74) is 4.52. The Morgan fingerprint density at radius 3 is 2.00 bits per heavy atom. The number of aldehydes is 1. The minimum absolute atomic E-state index is 0.0609. The molecule has 2 aromatic carbocycles. The van der Waals surface area contributed by atoms with E-state index in [9.17, 15) is 24.1 Å². The zero-order valence-corrected chi connectivity index (χ0v) is 21.2. The highest BCUT2D eigenvalue weighted by atomic mass is 36.0. The average Bonchev–Trinajstić information content (AvgIpc) is 2.68. The van der Waals surface area contributed by atoms with E-state index in [0.717, 1.165) is 22.3 Å². The SMILES string of the molecule is CC(=O)c1ccc(C)c(C)c1O.Cc1ccc2c(=O)c(C=O)coc2c1C.O=P(Cl)(Cl)Cl. The van der Waals surface area contributed by atoms with E-state index in [4.69, 9.17) is 4.42 Å². The van der Waals surface area contributed by atoms with Crippen molar-refractivity contribution in [2.75, 3.05) is 0 Å². The number of rotatable bonds is 2. The fraction of sp³-hybridized carbons (Fsp3) is 0.227. The Morgan fingerprint density at radius 2 is 1.50 bits per heavy atom. The standard InChI is InChI=1S/C12H10O3.C10H12O2.Cl3OP/c1-7-3-4-10-11(14)9(5-13)6-15-12(10)8(7)2;1-6-4-5-9(8(3)11)10(12)7(6)2;1-5(2,3)4/h3-6H,1-2H3;4-5,12H,1-3H3;. The van der Waals surface area contributed by atoms with Crippen molar-refractivity contribution < 1.29 is 23.7 Å². The lowest BCUT2D eigenvalue weighted by Crippen LogP contribution is -2.08. The minimum Gasteiger partial charge on any atom is -0.507 e. The third-order valence-electron chi connectivity index (χ3n) is 4.70. The first-order valence-electron chi connectivity index (χ1n) is 9.15. The first-order chi connectivity index (χ1) is 14.7. The number of halogens is 3. The summed E-state index contributed by atoms with van der Waals surface area (Å²) in [5, 5.41) is 6.77. The number of Topliss-reactive ketones (excluding diaryl/α,β-unsaturated/α-hetero) is 1. The van der Waals surface area contributed by atoms with Crippen LogP contribution in [0.1, 0.15) is 49.9 Å². The molecule has 0 atom stereocenters. The van der Waals surface area contributed by atoms with E-state index in [0.29, 0.717) is 22.8 Å². The fourth-order valence-electron chi connectivity index (χ4n) is 2.62. The molecule has 1 heterocycles. The molecule has 0 saturated carbocycles. The van der Waals surface area contributed by atoms with Crippen molar-refractivity contribution in [1.29, 1.82) is 0 Å². The van der Waals surface area contributed by atoms with Crippen LogP contribution in [0.5, 0.6) is 5.75 Å². The van der Waals surface area contributed by atoms with E-state index in [1.807, 2.05) is 32.9 Å². The Balaban J connectivity index is 0.000000270. The molecule has 0 aliphatic carbocycles. The van der Waals surface area contributed by atoms with Crippen LogP contribution in [0.3, 0.4) is 0 Å². The molecular weight excluding hydrogens is 498 g/mol. The van der Waals surface area contributed by atoms with Crippen LogP contribution in [0.15, 0.2) is 39.7 Å². The van der Waals surface area contributed by atoms with Gasteiger partial charge in [0, 0.05) is 0 Å². The number of fused-ring (bicyclic) bond motifs is 1. The first kappa shape index (κ1) is 27.9. The van der Waals surface area contributed by atoms with Crippen molar-refractivity contribution in [3.05, 3.63) is 74.1 Å². The maximum atomic E-state index is 11.7. The quantitative estimate of drug-likeness (QED) is 0.217. The van der Waals surface area contributed by atoms with Crippen LogP contribution in [0.4, 0.5) is 0 Å². The molecule has 0 saturated heterocycles. The van der Waals surface area contributed by atoms with Crippen molar-refractivity contribution in [2.45, 2.75) is 34.6 Å². The van der Waals surface area contributed by atoms with E-state index in [1.165, 1.54) is 13.2 Å². The maximum absolute atomic E-state index is 11.7. The Labute approximate surface area is 199 Å². The number of hydrogen-bond acceptors (Lipinski definition) is 6. The van der Waals surface area contributed by atoms with Crippen LogP contribution >= 0.6 is 38.9 Å². The van der Waals surface area contributed by atoms with E-state index in [-0.39, 0.29) is 22.5 Å². The van der Waals surface area contributed by atoms with Gasteiger partial charge in [-0.2, -0.15) is 0 Å². The van der Waals surface area contributed by atoms with E-state index in [1.54, 1.807) is 19.1 Å². The highest BCUT2D eigenvalue weighted by molar-refractivity contribution is 8.24. The van der Waals surface area contributed by atoms with Crippen LogP contribution in [-0.2, 0) is 4.57 Å². The molecule has 3 rings (SSSR count). The molecule has 10 heteroatoms. The molecule has 0 spiro atoms. The lowest BCUT2D eigenvalue weighted by Gasteiger charge is -2.06. The Hall–Kier alpha value is -2.11. The van der Waals surface area contributed by atoms with Crippen LogP contribution in [0, 0.1) is 27.7 Å². The Bertz CT molecular complexity index is 1250. The van der Waals surface area contributed by atoms with Crippen LogP contribution in [0.2, 0.25) is 0 Å². The van der Waals surface area contributed by atoms with Crippen molar-refractivity contribution in [3.63, 3.8) is 0 Å². The van der Waals surface area contributed by atoms with Crippen LogP contribution < -0.4 is 5.43 Å². The highest BCUT2D eigenvalue weighted by Gasteiger charge is 2.10. The van der Waals surface area contributed by atoms with Gasteiger partial charge in [-0.15, -0.1) is 0 Å². The highest BCUT2D eigenvalue weighted by Crippen LogP contribution is 2.61. The molecule has 0 aliphatic heterocycles. The molecule has 172 valence electrons. The van der Waals surface area contributed by atoms with Gasteiger partial charge in [0.15, 0.2) is 12.1 Å². The fourth-order valence-corrected chi connectivity index (χ4v) is 2.62. The van der Waals surface area contributed by atoms with Gasteiger partial charge in [-0.05, 0) is 103 Å². The summed E-state index contributed by atoms with van der Waals surface area (Å²) in [6.07, 6.45) is 1.73. The van der Waals surface area contributed by atoms with Gasteiger partial charge in [0.2, 0.25) is 5.43 Å². The molecule has 3 aromatic rings. The lowest BCUT2D eigenvalue weighted by atomic mass is 10.0. The number of phenolic OH excluding ortho intramolecular Hbond substituents is 1. The summed E-state index contributed by atoms with van der Waals surface area (Å²) < 4.78 is 14.8. The summed E-state index contributed by atoms with van der Waals surface area (Å²) in [7, 11) is 0. The second kappa shape index (κ2) is 11.7. The van der Waals surface area contributed by atoms with E-state index >= 15 is 0 Å². The van der Waals surface area contributed by atoms with Gasteiger partial charge in [-0.3, -0.25) is 18.9 Å². The predicted molar refractivity (Wildman–Crippen MR) is 130 cm³/mol. The smallest absolute Gasteiger partial charge is 0.339 e. The van der Waals surface area contributed by atoms with E-state index < -0.39 is 5.20 Å². The van der Waals surface area contributed by atoms with Gasteiger partial charge < -0.3 is 9.52 Å². The summed E-state index contributed by atoms with van der Waals surface area (Å²) in [6, 6.07) is 7.03. The number of aromatic hydroxyl groups is 1. The summed E-state index contributed by atoms with van der Waals surface area (Å²) in [5.74, 6) is 0.0121. The molecule has 32 heavy (non-hydrogen) atoms. The average molecular weight is 520 g/mol. The van der Waals surface area contributed by atoms with Gasteiger partial charge in [0.25, 0.3) is 0 Å². The maximum Gasteiger partial charge on any atom is 0.339 e. The minimum atomic E-state index is -3.22. The molecule has 1 N–H and O–H groups in total. The third-order valence-corrected chi connectivity index (χ3v) is 4.70. The Morgan fingerprint density at radius 1 is 1.00 bits per heavy atom. The van der Waals surface area contributed by atoms with Gasteiger partial charge in [0.1, 0.15) is 17.6 Å². The van der Waals surface area contributed by atoms with Crippen LogP contribution in [0.25, 0.3) is 11.0 Å². The second-order valence-electron chi connectivity index (χ2n) is 6.88. The van der Waals surface area contributed by atoms with Crippen molar-refractivity contribution in [3.8, 4) is 5.75 Å². The van der Waals surface area contributed by atoms with Gasteiger partial charge in [-0.1, -0.05) is 12.1 Å². The zero-order valence-electron chi connectivity index (χ0n) is 18.0. The second-order valence-corrected chi connectivity index (χ2v) is 13.5. The molecule has 1 aromatic heterocycles. The third kappa shape index (κ3) is 7.79. The predicted octanol–water partition coefficient (Wildman–Crippen LogP) is 7.24. The molecule has 0 radical (unpaired) electrons.